The molecule has 3 unspecified atom stereocenters. The van der Waals surface area contributed by atoms with Crippen molar-refractivity contribution < 1.29 is 19.4 Å². The number of hydrogen-bond donors (Lipinski definition) is 2. The summed E-state index contributed by atoms with van der Waals surface area (Å²) in [5.74, 6) is 0.394. The number of carbonyl (C=O) groups is 2. The molecule has 3 fully saturated rings. The summed E-state index contributed by atoms with van der Waals surface area (Å²) in [6, 6.07) is -1.31. The molecule has 3 heterocycles. The summed E-state index contributed by atoms with van der Waals surface area (Å²) >= 11 is 0. The molecule has 0 aromatic carbocycles. The van der Waals surface area contributed by atoms with Gasteiger partial charge in [-0.25, -0.2) is 4.68 Å². The van der Waals surface area contributed by atoms with Gasteiger partial charge in [0, 0.05) is 43.6 Å². The molecular weight excluding hydrogens is 422 g/mol. The molecular formula is C24H39N5O4. The Balaban J connectivity index is 1.51. The van der Waals surface area contributed by atoms with Gasteiger partial charge in [-0.2, -0.15) is 0 Å². The Morgan fingerprint density at radius 2 is 2.06 bits per heavy atom. The number of nitrogens with zero attached hydrogens (tertiary/aromatic N) is 4. The van der Waals surface area contributed by atoms with E-state index in [1.807, 2.05) is 27.0 Å². The van der Waals surface area contributed by atoms with Crippen molar-refractivity contribution in [2.75, 3.05) is 26.3 Å². The van der Waals surface area contributed by atoms with Crippen LogP contribution in [0.3, 0.4) is 0 Å². The van der Waals surface area contributed by atoms with Crippen LogP contribution in [0.4, 0.5) is 0 Å². The lowest BCUT2D eigenvalue weighted by molar-refractivity contribution is -0.144. The van der Waals surface area contributed by atoms with Gasteiger partial charge in [0.1, 0.15) is 12.1 Å². The van der Waals surface area contributed by atoms with E-state index < -0.39 is 23.6 Å². The number of β-amino-alcohol motifs (C(OH)–C–C–N with tert-alkyl or cyclic N) is 1. The number of ether oxygens (including phenoxy) is 1. The molecule has 0 bridgehead atoms. The molecule has 184 valence electrons. The fraction of sp³-hybridized carbons (Fsp3) is 0.833. The van der Waals surface area contributed by atoms with Gasteiger partial charge in [-0.15, -0.1) is 5.10 Å². The van der Waals surface area contributed by atoms with Gasteiger partial charge >= 0.3 is 0 Å². The van der Waals surface area contributed by atoms with E-state index in [9.17, 15) is 14.7 Å². The summed E-state index contributed by atoms with van der Waals surface area (Å²) in [5.41, 5.74) is 0.393. The molecule has 2 amide bonds. The normalized spacial score (nSPS) is 29.0. The van der Waals surface area contributed by atoms with Crippen LogP contribution in [0.1, 0.15) is 78.0 Å². The van der Waals surface area contributed by atoms with Gasteiger partial charge in [-0.1, -0.05) is 39.8 Å². The van der Waals surface area contributed by atoms with Crippen LogP contribution in [0.25, 0.3) is 0 Å². The lowest BCUT2D eigenvalue weighted by Crippen LogP contribution is -2.52. The smallest absolute Gasteiger partial charge is 0.248 e. The molecule has 3 aliphatic rings. The highest BCUT2D eigenvalue weighted by molar-refractivity contribution is 5.90. The average molecular weight is 462 g/mol. The van der Waals surface area contributed by atoms with Crippen LogP contribution in [0.2, 0.25) is 0 Å². The van der Waals surface area contributed by atoms with Crippen molar-refractivity contribution in [3.05, 3.63) is 11.9 Å². The Hall–Kier alpha value is -2.00. The first-order valence-electron chi connectivity index (χ1n) is 12.3. The molecule has 33 heavy (non-hydrogen) atoms. The van der Waals surface area contributed by atoms with Crippen LogP contribution < -0.4 is 5.32 Å². The maximum Gasteiger partial charge on any atom is 0.248 e. The molecule has 2 aliphatic heterocycles. The Bertz CT molecular complexity index is 866. The van der Waals surface area contributed by atoms with E-state index >= 15 is 0 Å². The first-order valence-corrected chi connectivity index (χ1v) is 12.3. The maximum absolute atomic E-state index is 13.8. The average Bonchev–Trinajstić information content (AvgIpc) is 3.13. The summed E-state index contributed by atoms with van der Waals surface area (Å²) in [5, 5.41) is 22.1. The van der Waals surface area contributed by atoms with Crippen LogP contribution in [0.5, 0.6) is 0 Å². The van der Waals surface area contributed by atoms with Crippen LogP contribution in [0, 0.1) is 16.7 Å². The monoisotopic (exact) mass is 461 g/mol. The molecule has 2 N–H and O–H groups in total. The predicted octanol–water partition coefficient (Wildman–Crippen LogP) is 1.88. The zero-order valence-electron chi connectivity index (χ0n) is 20.6. The second kappa shape index (κ2) is 8.98. The molecule has 4 rings (SSSR count). The van der Waals surface area contributed by atoms with E-state index in [4.69, 9.17) is 4.74 Å². The van der Waals surface area contributed by atoms with Gasteiger partial charge in [0.25, 0.3) is 0 Å². The van der Waals surface area contributed by atoms with Crippen LogP contribution in [-0.2, 0) is 14.3 Å². The summed E-state index contributed by atoms with van der Waals surface area (Å²) in [7, 11) is 0. The second-order valence-corrected chi connectivity index (χ2v) is 11.6. The minimum absolute atomic E-state index is 0.0877. The summed E-state index contributed by atoms with van der Waals surface area (Å²) in [6.45, 7) is 12.3. The molecule has 1 aliphatic carbocycles. The first-order chi connectivity index (χ1) is 15.5. The Labute approximate surface area is 196 Å². The largest absolute Gasteiger partial charge is 0.391 e. The standard InChI is InChI=1S/C24H39N5O4/c1-15(2)24(8-9-33-14-24)13-25-21(31)19-10-17(30)11-28(19)22(32)20(23(3,4)5)29-12-18(26-27-29)16-6-7-16/h12,15-17,19-20,30H,6-11,13-14H2,1-5H3,(H,25,31)/t17?,19?,20-,24?/m1/s1. The van der Waals surface area contributed by atoms with Crippen molar-refractivity contribution in [1.82, 2.24) is 25.2 Å². The number of aromatic nitrogens is 3. The SMILES string of the molecule is CC(C)C1(CNC(=O)C2CC(O)CN2C(=O)[C@@H](n2cc(C3CC3)nn2)C(C)(C)C)CCOC1. The molecule has 1 aromatic heterocycles. The molecule has 1 aromatic rings. The minimum Gasteiger partial charge on any atom is -0.391 e. The highest BCUT2D eigenvalue weighted by atomic mass is 16.5. The van der Waals surface area contributed by atoms with Gasteiger partial charge in [-0.3, -0.25) is 9.59 Å². The lowest BCUT2D eigenvalue weighted by atomic mass is 9.76. The molecule has 0 spiro atoms. The van der Waals surface area contributed by atoms with E-state index in [0.717, 1.165) is 25.0 Å². The van der Waals surface area contributed by atoms with Gasteiger partial charge in [0.15, 0.2) is 0 Å². The Morgan fingerprint density at radius 3 is 2.64 bits per heavy atom. The summed E-state index contributed by atoms with van der Waals surface area (Å²) in [4.78, 5) is 28.6. The highest BCUT2D eigenvalue weighted by Gasteiger charge is 2.46. The van der Waals surface area contributed by atoms with Crippen LogP contribution in [0.15, 0.2) is 6.20 Å². The lowest BCUT2D eigenvalue weighted by Gasteiger charge is -2.35. The molecule has 4 atom stereocenters. The topological polar surface area (TPSA) is 110 Å². The molecule has 9 heteroatoms. The second-order valence-electron chi connectivity index (χ2n) is 11.6. The van der Waals surface area contributed by atoms with E-state index in [1.54, 1.807) is 9.58 Å². The third-order valence-corrected chi connectivity index (χ3v) is 7.68. The number of likely N-dealkylation sites (tertiary alicyclic amines) is 1. The summed E-state index contributed by atoms with van der Waals surface area (Å²) in [6.07, 6.45) is 4.51. The number of hydrogen-bond acceptors (Lipinski definition) is 6. The van der Waals surface area contributed by atoms with Crippen LogP contribution >= 0.6 is 0 Å². The van der Waals surface area contributed by atoms with E-state index in [1.165, 1.54) is 0 Å². The Morgan fingerprint density at radius 1 is 1.33 bits per heavy atom. The van der Waals surface area contributed by atoms with Gasteiger partial charge < -0.3 is 20.1 Å². The third-order valence-electron chi connectivity index (χ3n) is 7.68. The molecule has 2 saturated heterocycles. The maximum atomic E-state index is 13.8. The zero-order valence-corrected chi connectivity index (χ0v) is 20.6. The molecule has 0 radical (unpaired) electrons. The van der Waals surface area contributed by atoms with Gasteiger partial charge in [0.05, 0.1) is 18.4 Å². The minimum atomic E-state index is -0.725. The predicted molar refractivity (Wildman–Crippen MR) is 122 cm³/mol. The van der Waals surface area contributed by atoms with Crippen molar-refractivity contribution in [1.29, 1.82) is 0 Å². The number of aliphatic hydroxyl groups is 1. The molecule has 9 nitrogen and oxygen atoms in total. The van der Waals surface area contributed by atoms with Gasteiger partial charge in [-0.05, 0) is 30.6 Å². The molecule has 1 saturated carbocycles. The highest BCUT2D eigenvalue weighted by Crippen LogP contribution is 2.40. The fourth-order valence-corrected chi connectivity index (χ4v) is 5.13. The van der Waals surface area contributed by atoms with E-state index in [0.29, 0.717) is 31.6 Å². The van der Waals surface area contributed by atoms with Gasteiger partial charge in [0.2, 0.25) is 11.8 Å². The van der Waals surface area contributed by atoms with E-state index in [2.05, 4.69) is 29.5 Å². The van der Waals surface area contributed by atoms with Crippen molar-refractivity contribution in [3.63, 3.8) is 0 Å². The van der Waals surface area contributed by atoms with Crippen molar-refractivity contribution >= 4 is 11.8 Å². The third kappa shape index (κ3) is 4.94. The van der Waals surface area contributed by atoms with Crippen molar-refractivity contribution in [3.8, 4) is 0 Å². The zero-order chi connectivity index (χ0) is 24.0. The number of nitrogens with one attached hydrogen (secondary N) is 1. The number of aliphatic hydroxyl groups excluding tert-OH is 1. The van der Waals surface area contributed by atoms with E-state index in [-0.39, 0.29) is 30.2 Å². The number of carbonyl (C=O) groups excluding carboxylic acids is 2. The fourth-order valence-electron chi connectivity index (χ4n) is 5.13. The van der Waals surface area contributed by atoms with Crippen molar-refractivity contribution in [2.45, 2.75) is 84.4 Å². The first kappa shape index (κ1) is 24.1. The van der Waals surface area contributed by atoms with Crippen molar-refractivity contribution in [2.24, 2.45) is 16.7 Å². The number of amides is 2. The van der Waals surface area contributed by atoms with Crippen LogP contribution in [-0.4, -0.2) is 75.3 Å². The summed E-state index contributed by atoms with van der Waals surface area (Å²) < 4.78 is 7.28. The Kier molecular flexibility index (Phi) is 6.57. The quantitative estimate of drug-likeness (QED) is 0.642. The number of rotatable bonds is 7.